The van der Waals surface area contributed by atoms with Crippen molar-refractivity contribution in [2.45, 2.75) is 64.6 Å². The van der Waals surface area contributed by atoms with Crippen molar-refractivity contribution in [3.8, 4) is 22.3 Å². The lowest BCUT2D eigenvalue weighted by molar-refractivity contribution is 0.0351. The molecule has 0 saturated carbocycles. The van der Waals surface area contributed by atoms with Gasteiger partial charge in [-0.1, -0.05) is 87.4 Å². The number of unbranched alkanes of at least 4 members (excludes halogenated alkanes) is 2. The van der Waals surface area contributed by atoms with Crippen LogP contribution >= 0.6 is 0 Å². The molecule has 0 radical (unpaired) electrons. The van der Waals surface area contributed by atoms with E-state index in [9.17, 15) is 0 Å². The number of hydrogen-bond donors (Lipinski definition) is 1. The van der Waals surface area contributed by atoms with Crippen molar-refractivity contribution in [2.24, 2.45) is 0 Å². The summed E-state index contributed by atoms with van der Waals surface area (Å²) >= 11 is 0. The maximum Gasteiger partial charge on any atom is 0.0868 e. The van der Waals surface area contributed by atoms with E-state index in [1.165, 1.54) is 57.3 Å². The molecule has 0 fully saturated rings. The summed E-state index contributed by atoms with van der Waals surface area (Å²) in [5.41, 5.74) is 12.8. The molecule has 6 rings (SSSR count). The van der Waals surface area contributed by atoms with Crippen LogP contribution < -0.4 is 5.32 Å². The van der Waals surface area contributed by atoms with Gasteiger partial charge in [-0.05, 0) is 81.6 Å². The number of fused-ring (bicyclic) bond motifs is 2. The van der Waals surface area contributed by atoms with Gasteiger partial charge in [0.1, 0.15) is 0 Å². The number of rotatable bonds is 12. The van der Waals surface area contributed by atoms with Crippen LogP contribution in [0.5, 0.6) is 0 Å². The highest BCUT2D eigenvalue weighted by atomic mass is 16.5. The fraction of sp³-hybridized carbons (Fsp3) is 0.333. The van der Waals surface area contributed by atoms with Gasteiger partial charge in [-0.25, -0.2) is 0 Å². The van der Waals surface area contributed by atoms with Crippen molar-refractivity contribution >= 4 is 11.4 Å². The van der Waals surface area contributed by atoms with E-state index in [0.29, 0.717) is 12.2 Å². The summed E-state index contributed by atoms with van der Waals surface area (Å²) in [5, 5.41) is 3.55. The molecule has 4 aromatic carbocycles. The molecule has 0 aromatic heterocycles. The quantitative estimate of drug-likeness (QED) is 0.190. The van der Waals surface area contributed by atoms with Gasteiger partial charge in [-0.15, -0.1) is 0 Å². The van der Waals surface area contributed by atoms with Gasteiger partial charge in [0.15, 0.2) is 0 Å². The predicted octanol–water partition coefficient (Wildman–Crippen LogP) is 9.59. The summed E-state index contributed by atoms with van der Waals surface area (Å²) in [5.74, 6) is 0. The molecule has 2 aliphatic carbocycles. The average molecular weight is 518 g/mol. The first-order chi connectivity index (χ1) is 19.2. The van der Waals surface area contributed by atoms with Crippen molar-refractivity contribution in [1.29, 1.82) is 0 Å². The normalized spacial score (nSPS) is 17.1. The van der Waals surface area contributed by atoms with Crippen LogP contribution in [0, 0.1) is 0 Å². The van der Waals surface area contributed by atoms with Crippen molar-refractivity contribution in [3.05, 3.63) is 107 Å². The first-order valence-electron chi connectivity index (χ1n) is 14.7. The highest BCUT2D eigenvalue weighted by Crippen LogP contribution is 2.40. The van der Waals surface area contributed by atoms with Gasteiger partial charge >= 0.3 is 0 Å². The highest BCUT2D eigenvalue weighted by Gasteiger charge is 2.27. The lowest BCUT2D eigenvalue weighted by Crippen LogP contribution is -2.20. The van der Waals surface area contributed by atoms with Crippen molar-refractivity contribution in [1.82, 2.24) is 0 Å². The summed E-state index contributed by atoms with van der Waals surface area (Å²) in [7, 11) is 0. The molecular weight excluding hydrogens is 478 g/mol. The Bertz CT molecular complexity index is 1300. The van der Waals surface area contributed by atoms with Crippen LogP contribution in [-0.2, 0) is 22.3 Å². The molecule has 0 spiro atoms. The lowest BCUT2D eigenvalue weighted by atomic mass is 9.83. The van der Waals surface area contributed by atoms with Crippen molar-refractivity contribution in [3.63, 3.8) is 0 Å². The minimum Gasteiger partial charge on any atom is -0.373 e. The Balaban J connectivity index is 1.05. The molecule has 2 aliphatic rings. The van der Waals surface area contributed by atoms with E-state index >= 15 is 0 Å². The Kier molecular flexibility index (Phi) is 7.81. The molecular formula is C36H39NO2. The zero-order valence-corrected chi connectivity index (χ0v) is 23.2. The highest BCUT2D eigenvalue weighted by molar-refractivity contribution is 5.72. The molecule has 2 atom stereocenters. The van der Waals surface area contributed by atoms with Crippen LogP contribution in [0.15, 0.2) is 84.9 Å². The van der Waals surface area contributed by atoms with E-state index in [0.717, 1.165) is 50.3 Å². The number of hydrogen-bond acceptors (Lipinski definition) is 3. The summed E-state index contributed by atoms with van der Waals surface area (Å²) < 4.78 is 12.0. The molecule has 0 heterocycles. The maximum absolute atomic E-state index is 6.01. The van der Waals surface area contributed by atoms with Crippen LogP contribution in [0.1, 0.15) is 74.0 Å². The van der Waals surface area contributed by atoms with Crippen LogP contribution in [0.3, 0.4) is 0 Å². The van der Waals surface area contributed by atoms with Gasteiger partial charge in [0, 0.05) is 37.4 Å². The second kappa shape index (κ2) is 11.8. The van der Waals surface area contributed by atoms with Gasteiger partial charge in [-0.2, -0.15) is 0 Å². The summed E-state index contributed by atoms with van der Waals surface area (Å²) in [6, 6.07) is 31.1. The van der Waals surface area contributed by atoms with Crippen molar-refractivity contribution < 1.29 is 9.47 Å². The molecule has 200 valence electrons. The second-order valence-electron chi connectivity index (χ2n) is 10.9. The molecule has 0 bridgehead atoms. The third kappa shape index (κ3) is 5.66. The van der Waals surface area contributed by atoms with Gasteiger partial charge in [0.05, 0.1) is 12.2 Å². The van der Waals surface area contributed by atoms with Crippen molar-refractivity contribution in [2.75, 3.05) is 18.5 Å². The van der Waals surface area contributed by atoms with E-state index in [4.69, 9.17) is 9.47 Å². The number of benzene rings is 4. The van der Waals surface area contributed by atoms with Crippen LogP contribution in [0.2, 0.25) is 0 Å². The molecule has 0 saturated heterocycles. The SMILES string of the molecule is CCCCOC1Cc2cc(-c3ccc(Nc4ccc(-c5ccc6c(c5)CC6OCCCC)cc4)cc3)ccc21. The number of nitrogens with one attached hydrogen (secondary N) is 1. The average Bonchev–Trinajstić information content (AvgIpc) is 2.94. The van der Waals surface area contributed by atoms with Gasteiger partial charge in [-0.3, -0.25) is 0 Å². The monoisotopic (exact) mass is 517 g/mol. The molecule has 3 nitrogen and oxygen atoms in total. The van der Waals surface area contributed by atoms with E-state index in [1.54, 1.807) is 0 Å². The van der Waals surface area contributed by atoms with E-state index in [1.807, 2.05) is 0 Å². The third-order valence-corrected chi connectivity index (χ3v) is 8.15. The molecule has 2 unspecified atom stereocenters. The van der Waals surface area contributed by atoms with Gasteiger partial charge in [0.2, 0.25) is 0 Å². The van der Waals surface area contributed by atoms with E-state index < -0.39 is 0 Å². The molecule has 0 amide bonds. The van der Waals surface area contributed by atoms with Crippen LogP contribution in [0.4, 0.5) is 11.4 Å². The second-order valence-corrected chi connectivity index (χ2v) is 10.9. The third-order valence-electron chi connectivity index (χ3n) is 8.15. The number of ether oxygens (including phenoxy) is 2. The fourth-order valence-corrected chi connectivity index (χ4v) is 5.61. The van der Waals surface area contributed by atoms with Crippen LogP contribution in [-0.4, -0.2) is 13.2 Å². The Labute approximate surface area is 233 Å². The largest absolute Gasteiger partial charge is 0.373 e. The minimum atomic E-state index is 0.291. The maximum atomic E-state index is 6.01. The standard InChI is InChI=1S/C36H39NO2/c1-3-5-19-38-35-23-29-21-27(11-17-33(29)35)25-7-13-31(14-8-25)37-32-15-9-26(10-16-32)28-12-18-34-30(22-28)24-36(34)39-20-6-4-2/h7-18,21-22,35-37H,3-6,19-20,23-24H2,1-2H3. The predicted molar refractivity (Wildman–Crippen MR) is 162 cm³/mol. The Hall–Kier alpha value is -3.40. The topological polar surface area (TPSA) is 30.5 Å². The van der Waals surface area contributed by atoms with E-state index in [-0.39, 0.29) is 0 Å². The molecule has 3 heteroatoms. The Morgan fingerprint density at radius 2 is 0.974 bits per heavy atom. The first-order valence-corrected chi connectivity index (χ1v) is 14.7. The minimum absolute atomic E-state index is 0.291. The fourth-order valence-electron chi connectivity index (χ4n) is 5.61. The smallest absolute Gasteiger partial charge is 0.0868 e. The first kappa shape index (κ1) is 25.9. The zero-order chi connectivity index (χ0) is 26.6. The zero-order valence-electron chi connectivity index (χ0n) is 23.2. The van der Waals surface area contributed by atoms with Crippen LogP contribution in [0.25, 0.3) is 22.3 Å². The molecule has 39 heavy (non-hydrogen) atoms. The lowest BCUT2D eigenvalue weighted by Gasteiger charge is -2.30. The summed E-state index contributed by atoms with van der Waals surface area (Å²) in [6.45, 7) is 6.14. The molecule has 4 aromatic rings. The Morgan fingerprint density at radius 3 is 1.36 bits per heavy atom. The van der Waals surface area contributed by atoms with Gasteiger partial charge in [0.25, 0.3) is 0 Å². The summed E-state index contributed by atoms with van der Waals surface area (Å²) in [4.78, 5) is 0. The summed E-state index contributed by atoms with van der Waals surface area (Å²) in [6.07, 6.45) is 7.28. The molecule has 0 aliphatic heterocycles. The Morgan fingerprint density at radius 1 is 0.564 bits per heavy atom. The van der Waals surface area contributed by atoms with E-state index in [2.05, 4.69) is 104 Å². The van der Waals surface area contributed by atoms with Gasteiger partial charge < -0.3 is 14.8 Å². The number of anilines is 2. The molecule has 1 N–H and O–H groups in total.